The zero-order valence-corrected chi connectivity index (χ0v) is 13.2. The summed E-state index contributed by atoms with van der Waals surface area (Å²) >= 11 is 0. The van der Waals surface area contributed by atoms with E-state index in [-0.39, 0.29) is 5.60 Å². The Bertz CT molecular complexity index is 254. The maximum atomic E-state index is 6.35. The Hall–Kier alpha value is -0.0800. The number of likely N-dealkylation sites (N-methyl/N-ethyl adjacent to an activating group) is 1. The van der Waals surface area contributed by atoms with Gasteiger partial charge in [0.1, 0.15) is 0 Å². The van der Waals surface area contributed by atoms with E-state index in [1.54, 1.807) is 0 Å². The van der Waals surface area contributed by atoms with Crippen LogP contribution in [-0.4, -0.2) is 25.3 Å². The van der Waals surface area contributed by atoms with Crippen LogP contribution in [-0.2, 0) is 4.74 Å². The first kappa shape index (κ1) is 15.3. The summed E-state index contributed by atoms with van der Waals surface area (Å²) in [6.45, 7) is 5.44. The van der Waals surface area contributed by atoms with E-state index in [4.69, 9.17) is 4.74 Å². The van der Waals surface area contributed by atoms with Gasteiger partial charge in [-0.2, -0.15) is 0 Å². The third-order valence-corrected chi connectivity index (χ3v) is 5.46. The lowest BCUT2D eigenvalue weighted by molar-refractivity contribution is -0.105. The fraction of sp³-hybridized carbons (Fsp3) is 1.00. The summed E-state index contributed by atoms with van der Waals surface area (Å²) in [5.74, 6) is 1.72. The van der Waals surface area contributed by atoms with Gasteiger partial charge < -0.3 is 10.1 Å². The van der Waals surface area contributed by atoms with Crippen LogP contribution in [0.25, 0.3) is 0 Å². The van der Waals surface area contributed by atoms with Crippen LogP contribution >= 0.6 is 0 Å². The van der Waals surface area contributed by atoms with Gasteiger partial charge in [-0.15, -0.1) is 0 Å². The van der Waals surface area contributed by atoms with Gasteiger partial charge in [-0.3, -0.25) is 0 Å². The van der Waals surface area contributed by atoms with Crippen LogP contribution in [0.3, 0.4) is 0 Å². The predicted octanol–water partition coefficient (Wildman–Crippen LogP) is 4.14. The number of hydrogen-bond acceptors (Lipinski definition) is 2. The van der Waals surface area contributed by atoms with E-state index in [0.29, 0.717) is 6.04 Å². The Labute approximate surface area is 119 Å². The number of hydrogen-bond donors (Lipinski definition) is 1. The lowest BCUT2D eigenvalue weighted by Crippen LogP contribution is -2.57. The second kappa shape index (κ2) is 7.08. The summed E-state index contributed by atoms with van der Waals surface area (Å²) in [6, 6.07) is 0.565. The van der Waals surface area contributed by atoms with Crippen LogP contribution in [0.15, 0.2) is 0 Å². The quantitative estimate of drug-likeness (QED) is 0.808. The molecule has 0 bridgehead atoms. The second-order valence-electron chi connectivity index (χ2n) is 6.86. The summed E-state index contributed by atoms with van der Waals surface area (Å²) in [7, 11) is 2.15. The molecule has 0 aromatic carbocycles. The molecule has 0 aromatic rings. The van der Waals surface area contributed by atoms with Gasteiger partial charge in [0.15, 0.2) is 0 Å². The first-order valence-electron chi connectivity index (χ1n) is 8.53. The molecule has 1 N–H and O–H groups in total. The van der Waals surface area contributed by atoms with Gasteiger partial charge in [0, 0.05) is 12.6 Å². The van der Waals surface area contributed by atoms with Gasteiger partial charge in [-0.25, -0.2) is 0 Å². The van der Waals surface area contributed by atoms with Gasteiger partial charge in [0.2, 0.25) is 0 Å². The molecule has 2 aliphatic carbocycles. The molecule has 0 heterocycles. The molecule has 2 rings (SSSR count). The highest BCUT2D eigenvalue weighted by molar-refractivity contribution is 4.99. The number of ether oxygens (including phenoxy) is 1. The number of rotatable bonds is 5. The highest BCUT2D eigenvalue weighted by Crippen LogP contribution is 2.41. The van der Waals surface area contributed by atoms with Gasteiger partial charge >= 0.3 is 0 Å². The predicted molar refractivity (Wildman–Crippen MR) is 81.4 cm³/mol. The Kier molecular flexibility index (Phi) is 5.70. The van der Waals surface area contributed by atoms with E-state index in [1.165, 1.54) is 57.8 Å². The third kappa shape index (κ3) is 3.52. The molecule has 3 unspecified atom stereocenters. The maximum absolute atomic E-state index is 6.35. The molecular formula is C17H33NO. The molecule has 0 saturated heterocycles. The van der Waals surface area contributed by atoms with Crippen molar-refractivity contribution in [1.29, 1.82) is 0 Å². The van der Waals surface area contributed by atoms with Crippen molar-refractivity contribution in [2.75, 3.05) is 13.7 Å². The molecule has 0 aromatic heterocycles. The minimum Gasteiger partial charge on any atom is -0.374 e. The van der Waals surface area contributed by atoms with Crippen molar-refractivity contribution < 1.29 is 4.74 Å². The first-order chi connectivity index (χ1) is 9.22. The molecule has 19 heavy (non-hydrogen) atoms. The van der Waals surface area contributed by atoms with E-state index in [0.717, 1.165) is 18.4 Å². The standard InChI is InChI=1S/C17H33NO/c1-4-19-17(11-6-5-7-12-17)16(18-3)15-10-8-9-14(2)13-15/h14-16,18H,4-13H2,1-3H3. The van der Waals surface area contributed by atoms with Crippen molar-refractivity contribution in [3.63, 3.8) is 0 Å². The van der Waals surface area contributed by atoms with E-state index >= 15 is 0 Å². The molecule has 3 atom stereocenters. The zero-order valence-electron chi connectivity index (χ0n) is 13.2. The van der Waals surface area contributed by atoms with E-state index in [9.17, 15) is 0 Å². The average molecular weight is 267 g/mol. The summed E-state index contributed by atoms with van der Waals surface area (Å²) in [5, 5.41) is 3.66. The summed E-state index contributed by atoms with van der Waals surface area (Å²) in [6.07, 6.45) is 12.2. The van der Waals surface area contributed by atoms with Crippen LogP contribution in [0.2, 0.25) is 0 Å². The molecule has 112 valence electrons. The summed E-state index contributed by atoms with van der Waals surface area (Å²) in [4.78, 5) is 0. The van der Waals surface area contributed by atoms with Crippen molar-refractivity contribution in [1.82, 2.24) is 5.32 Å². The Balaban J connectivity index is 2.11. The van der Waals surface area contributed by atoms with Gasteiger partial charge in [0.25, 0.3) is 0 Å². The fourth-order valence-corrected chi connectivity index (χ4v) is 4.69. The molecule has 0 aliphatic heterocycles. The lowest BCUT2D eigenvalue weighted by Gasteiger charge is -2.48. The SMILES string of the molecule is CCOC1(C(NC)C2CCCC(C)C2)CCCCC1. The minimum atomic E-state index is 0.128. The molecule has 0 spiro atoms. The van der Waals surface area contributed by atoms with Crippen molar-refractivity contribution >= 4 is 0 Å². The molecule has 2 heteroatoms. The molecule has 2 aliphatic rings. The Morgan fingerprint density at radius 2 is 1.89 bits per heavy atom. The van der Waals surface area contributed by atoms with Crippen molar-refractivity contribution in [3.8, 4) is 0 Å². The summed E-state index contributed by atoms with van der Waals surface area (Å²) < 4.78 is 6.35. The molecule has 2 saturated carbocycles. The van der Waals surface area contributed by atoms with E-state index < -0.39 is 0 Å². The van der Waals surface area contributed by atoms with Crippen molar-refractivity contribution in [2.24, 2.45) is 11.8 Å². The normalized spacial score (nSPS) is 33.0. The van der Waals surface area contributed by atoms with Crippen molar-refractivity contribution in [3.05, 3.63) is 0 Å². The van der Waals surface area contributed by atoms with Crippen LogP contribution in [0.5, 0.6) is 0 Å². The Morgan fingerprint density at radius 3 is 2.47 bits per heavy atom. The summed E-state index contributed by atoms with van der Waals surface area (Å²) in [5.41, 5.74) is 0.128. The van der Waals surface area contributed by atoms with Crippen LogP contribution < -0.4 is 5.32 Å². The second-order valence-corrected chi connectivity index (χ2v) is 6.86. The highest BCUT2D eigenvalue weighted by atomic mass is 16.5. The smallest absolute Gasteiger partial charge is 0.0837 e. The number of nitrogens with one attached hydrogen (secondary N) is 1. The molecular weight excluding hydrogens is 234 g/mol. The highest BCUT2D eigenvalue weighted by Gasteiger charge is 2.44. The monoisotopic (exact) mass is 267 g/mol. The minimum absolute atomic E-state index is 0.128. The van der Waals surface area contributed by atoms with Gasteiger partial charge in [0.05, 0.1) is 5.60 Å². The van der Waals surface area contributed by atoms with E-state index in [1.807, 2.05) is 0 Å². The molecule has 0 radical (unpaired) electrons. The Morgan fingerprint density at radius 1 is 1.16 bits per heavy atom. The largest absolute Gasteiger partial charge is 0.374 e. The van der Waals surface area contributed by atoms with Crippen LogP contribution in [0.1, 0.15) is 71.6 Å². The van der Waals surface area contributed by atoms with Crippen LogP contribution in [0, 0.1) is 11.8 Å². The maximum Gasteiger partial charge on any atom is 0.0837 e. The average Bonchev–Trinajstić information content (AvgIpc) is 2.41. The van der Waals surface area contributed by atoms with Gasteiger partial charge in [-0.1, -0.05) is 39.0 Å². The fourth-order valence-electron chi connectivity index (χ4n) is 4.69. The topological polar surface area (TPSA) is 21.3 Å². The van der Waals surface area contributed by atoms with Gasteiger partial charge in [-0.05, 0) is 51.5 Å². The molecule has 0 amide bonds. The van der Waals surface area contributed by atoms with Crippen molar-refractivity contribution in [2.45, 2.75) is 83.3 Å². The first-order valence-corrected chi connectivity index (χ1v) is 8.53. The lowest BCUT2D eigenvalue weighted by atomic mass is 9.69. The van der Waals surface area contributed by atoms with Crippen LogP contribution in [0.4, 0.5) is 0 Å². The molecule has 2 nitrogen and oxygen atoms in total. The zero-order chi connectivity index (χ0) is 13.7. The third-order valence-electron chi connectivity index (χ3n) is 5.46. The van der Waals surface area contributed by atoms with E-state index in [2.05, 4.69) is 26.2 Å². The molecule has 2 fully saturated rings.